The van der Waals surface area contributed by atoms with Crippen molar-refractivity contribution in [1.29, 1.82) is 0 Å². The lowest BCUT2D eigenvalue weighted by molar-refractivity contribution is -0.131. The fraction of sp³-hybridized carbons (Fsp3) is 0.462. The highest BCUT2D eigenvalue weighted by molar-refractivity contribution is 9.12. The van der Waals surface area contributed by atoms with Gasteiger partial charge < -0.3 is 9.47 Å². The van der Waals surface area contributed by atoms with Crippen molar-refractivity contribution >= 4 is 37.8 Å². The van der Waals surface area contributed by atoms with E-state index < -0.39 is 0 Å². The highest BCUT2D eigenvalue weighted by Gasteiger charge is 2.20. The average Bonchev–Trinajstić information content (AvgIpc) is 2.36. The van der Waals surface area contributed by atoms with Crippen LogP contribution in [0.2, 0.25) is 0 Å². The van der Waals surface area contributed by atoms with Crippen molar-refractivity contribution in [3.05, 3.63) is 23.8 Å². The summed E-state index contributed by atoms with van der Waals surface area (Å²) >= 11 is 7.04. The second-order valence-electron chi connectivity index (χ2n) is 3.96. The van der Waals surface area contributed by atoms with Crippen LogP contribution in [0, 0.1) is 0 Å². The third kappa shape index (κ3) is 3.99. The second kappa shape index (κ2) is 7.14. The van der Waals surface area contributed by atoms with Crippen LogP contribution < -0.4 is 9.47 Å². The van der Waals surface area contributed by atoms with Gasteiger partial charge in [0.2, 0.25) is 0 Å². The number of alkyl halides is 2. The summed E-state index contributed by atoms with van der Waals surface area (Å²) in [5, 5.41) is 0.810. The van der Waals surface area contributed by atoms with E-state index in [9.17, 15) is 4.79 Å². The van der Waals surface area contributed by atoms with Gasteiger partial charge in [-0.05, 0) is 24.1 Å². The first-order chi connectivity index (χ1) is 8.49. The standard InChI is InChI=1S/C13H16Br2O3/c1-8(12(15)7-14)11-6-10(17-3)4-5-13(11)18-9(2)16/h4-6,8,12H,7H2,1-3H3. The molecule has 0 spiro atoms. The smallest absolute Gasteiger partial charge is 0.308 e. The number of halogens is 2. The fourth-order valence-corrected chi connectivity index (χ4v) is 2.43. The van der Waals surface area contributed by atoms with E-state index in [-0.39, 0.29) is 16.7 Å². The van der Waals surface area contributed by atoms with E-state index in [1.165, 1.54) is 6.92 Å². The maximum absolute atomic E-state index is 11.1. The second-order valence-corrected chi connectivity index (χ2v) is 5.78. The zero-order valence-electron chi connectivity index (χ0n) is 10.6. The van der Waals surface area contributed by atoms with Gasteiger partial charge in [-0.25, -0.2) is 0 Å². The van der Waals surface area contributed by atoms with Gasteiger partial charge in [-0.2, -0.15) is 0 Å². The number of ether oxygens (including phenoxy) is 2. The number of methoxy groups -OCH3 is 1. The minimum absolute atomic E-state index is 0.189. The monoisotopic (exact) mass is 378 g/mol. The van der Waals surface area contributed by atoms with E-state index in [1.54, 1.807) is 19.2 Å². The Morgan fingerprint density at radius 3 is 2.61 bits per heavy atom. The zero-order valence-corrected chi connectivity index (χ0v) is 13.7. The van der Waals surface area contributed by atoms with E-state index in [2.05, 4.69) is 38.8 Å². The van der Waals surface area contributed by atoms with E-state index in [1.807, 2.05) is 6.07 Å². The number of rotatable bonds is 5. The largest absolute Gasteiger partial charge is 0.497 e. The first kappa shape index (κ1) is 15.5. The van der Waals surface area contributed by atoms with E-state index >= 15 is 0 Å². The molecule has 0 amide bonds. The summed E-state index contributed by atoms with van der Waals surface area (Å²) in [6.45, 7) is 3.47. The third-order valence-corrected chi connectivity index (χ3v) is 5.33. The molecular weight excluding hydrogens is 364 g/mol. The van der Waals surface area contributed by atoms with Crippen molar-refractivity contribution in [2.24, 2.45) is 0 Å². The summed E-state index contributed by atoms with van der Waals surface area (Å²) in [5.74, 6) is 1.20. The maximum atomic E-state index is 11.1. The van der Waals surface area contributed by atoms with Crippen LogP contribution in [0.25, 0.3) is 0 Å². The number of hydrogen-bond donors (Lipinski definition) is 0. The predicted octanol–water partition coefficient (Wildman–Crippen LogP) is 3.88. The normalized spacial score (nSPS) is 13.8. The molecule has 0 aliphatic rings. The first-order valence-corrected chi connectivity index (χ1v) is 7.59. The Hall–Kier alpha value is -0.550. The Labute approximate surface area is 124 Å². The van der Waals surface area contributed by atoms with Gasteiger partial charge in [0.1, 0.15) is 11.5 Å². The SMILES string of the molecule is COc1ccc(OC(C)=O)c(C(C)C(Br)CBr)c1. The Balaban J connectivity index is 3.14. The molecule has 0 aromatic heterocycles. The van der Waals surface area contributed by atoms with Gasteiger partial charge in [-0.15, -0.1) is 0 Å². The number of carbonyl (C=O) groups is 1. The molecule has 0 fully saturated rings. The molecule has 0 saturated carbocycles. The summed E-state index contributed by atoms with van der Waals surface area (Å²) in [5.41, 5.74) is 0.950. The van der Waals surface area contributed by atoms with Gasteiger partial charge in [0.15, 0.2) is 0 Å². The van der Waals surface area contributed by atoms with E-state index in [0.29, 0.717) is 5.75 Å². The van der Waals surface area contributed by atoms with Gasteiger partial charge in [-0.1, -0.05) is 38.8 Å². The molecule has 18 heavy (non-hydrogen) atoms. The van der Waals surface area contributed by atoms with Crippen LogP contribution >= 0.6 is 31.9 Å². The molecule has 3 nitrogen and oxygen atoms in total. The quantitative estimate of drug-likeness (QED) is 0.442. The maximum Gasteiger partial charge on any atom is 0.308 e. The molecule has 0 radical (unpaired) electrons. The minimum atomic E-state index is -0.321. The minimum Gasteiger partial charge on any atom is -0.497 e. The van der Waals surface area contributed by atoms with Crippen LogP contribution in [0.5, 0.6) is 11.5 Å². The van der Waals surface area contributed by atoms with Crippen molar-refractivity contribution in [3.63, 3.8) is 0 Å². The summed E-state index contributed by atoms with van der Waals surface area (Å²) in [6.07, 6.45) is 0. The van der Waals surface area contributed by atoms with Crippen LogP contribution in [0.3, 0.4) is 0 Å². The van der Waals surface area contributed by atoms with Crippen LogP contribution in [-0.4, -0.2) is 23.2 Å². The van der Waals surface area contributed by atoms with Crippen molar-refractivity contribution < 1.29 is 14.3 Å². The lowest BCUT2D eigenvalue weighted by atomic mass is 9.97. The molecule has 0 heterocycles. The molecule has 0 aliphatic carbocycles. The van der Waals surface area contributed by atoms with Gasteiger partial charge in [0.25, 0.3) is 0 Å². The van der Waals surface area contributed by atoms with Gasteiger partial charge in [0.05, 0.1) is 7.11 Å². The summed E-state index contributed by atoms with van der Waals surface area (Å²) < 4.78 is 10.4. The van der Waals surface area contributed by atoms with Crippen LogP contribution in [0.4, 0.5) is 0 Å². The molecule has 5 heteroatoms. The Morgan fingerprint density at radius 1 is 1.44 bits per heavy atom. The Morgan fingerprint density at radius 2 is 2.11 bits per heavy atom. The highest BCUT2D eigenvalue weighted by atomic mass is 79.9. The molecule has 0 saturated heterocycles. The van der Waals surface area contributed by atoms with Gasteiger partial charge in [-0.3, -0.25) is 4.79 Å². The predicted molar refractivity (Wildman–Crippen MR) is 79.2 cm³/mol. The van der Waals surface area contributed by atoms with Crippen LogP contribution in [0.1, 0.15) is 25.3 Å². The number of benzene rings is 1. The summed E-state index contributed by atoms with van der Waals surface area (Å²) in [6, 6.07) is 5.45. The first-order valence-electron chi connectivity index (χ1n) is 5.56. The summed E-state index contributed by atoms with van der Waals surface area (Å²) in [4.78, 5) is 11.4. The van der Waals surface area contributed by atoms with Gasteiger partial charge in [0, 0.05) is 22.6 Å². The van der Waals surface area contributed by atoms with Crippen molar-refractivity contribution in [2.45, 2.75) is 24.6 Å². The topological polar surface area (TPSA) is 35.5 Å². The summed E-state index contributed by atoms with van der Waals surface area (Å²) in [7, 11) is 1.62. The lowest BCUT2D eigenvalue weighted by Gasteiger charge is -2.20. The molecule has 0 bridgehead atoms. The Kier molecular flexibility index (Phi) is 6.15. The number of carbonyl (C=O) groups excluding carboxylic acids is 1. The van der Waals surface area contributed by atoms with Gasteiger partial charge >= 0.3 is 5.97 Å². The molecule has 1 rings (SSSR count). The molecule has 1 aromatic rings. The zero-order chi connectivity index (χ0) is 13.7. The van der Waals surface area contributed by atoms with Crippen molar-refractivity contribution in [1.82, 2.24) is 0 Å². The van der Waals surface area contributed by atoms with E-state index in [4.69, 9.17) is 9.47 Å². The number of esters is 1. The molecule has 2 unspecified atom stereocenters. The Bertz CT molecular complexity index is 421. The van der Waals surface area contributed by atoms with E-state index in [0.717, 1.165) is 16.6 Å². The highest BCUT2D eigenvalue weighted by Crippen LogP contribution is 2.35. The lowest BCUT2D eigenvalue weighted by Crippen LogP contribution is -2.13. The molecule has 100 valence electrons. The molecule has 0 N–H and O–H groups in total. The third-order valence-electron chi connectivity index (χ3n) is 2.65. The van der Waals surface area contributed by atoms with Crippen molar-refractivity contribution in [3.8, 4) is 11.5 Å². The fourth-order valence-electron chi connectivity index (χ4n) is 1.59. The molecule has 2 atom stereocenters. The van der Waals surface area contributed by atoms with Crippen LogP contribution in [0.15, 0.2) is 18.2 Å². The van der Waals surface area contributed by atoms with Crippen LogP contribution in [-0.2, 0) is 4.79 Å². The molecule has 1 aromatic carbocycles. The molecule has 0 aliphatic heterocycles. The average molecular weight is 380 g/mol. The van der Waals surface area contributed by atoms with Crippen molar-refractivity contribution in [2.75, 3.05) is 12.4 Å². The molecular formula is C13H16Br2O3. The number of hydrogen-bond acceptors (Lipinski definition) is 3.